The van der Waals surface area contributed by atoms with Crippen LogP contribution in [0.5, 0.6) is 5.75 Å². The van der Waals surface area contributed by atoms with Crippen molar-refractivity contribution in [2.24, 2.45) is 5.41 Å². The van der Waals surface area contributed by atoms with Crippen LogP contribution in [0.4, 0.5) is 14.6 Å². The molecule has 4 aromatic rings. The highest BCUT2D eigenvalue weighted by Gasteiger charge is 2.49. The standard InChI is InChI=1S/C25H22F2N4O2.C2H6/c1-3-16-19(26)5-4-14-6-15(32)7-17(20(14)16)22-21(27)23-18(8-28-22)24(30-13(2)29-23)31-9-25(10-31)11-33-12-25;1-2/h4-8,32H,3,9-12H2,1-2H3;1-2H3. The SMILES string of the molecule is CC.CCc1c(F)ccc2cc(O)cc(-c3ncc4c(N5CC6(COC6)C5)nc(C)nc4c3F)c12. The summed E-state index contributed by atoms with van der Waals surface area (Å²) in [4.78, 5) is 15.5. The number of benzene rings is 2. The second-order valence-corrected chi connectivity index (χ2v) is 9.10. The first-order chi connectivity index (χ1) is 16.9. The molecule has 1 N–H and O–H groups in total. The fourth-order valence-electron chi connectivity index (χ4n) is 5.10. The van der Waals surface area contributed by atoms with Crippen LogP contribution in [0.15, 0.2) is 30.5 Å². The molecule has 6 nitrogen and oxygen atoms in total. The lowest BCUT2D eigenvalue weighted by atomic mass is 9.78. The first-order valence-electron chi connectivity index (χ1n) is 12.0. The van der Waals surface area contributed by atoms with Crippen molar-refractivity contribution in [1.29, 1.82) is 0 Å². The Labute approximate surface area is 202 Å². The molecule has 1 spiro atoms. The second-order valence-electron chi connectivity index (χ2n) is 9.10. The highest BCUT2D eigenvalue weighted by molar-refractivity contribution is 6.01. The first-order valence-corrected chi connectivity index (χ1v) is 12.0. The van der Waals surface area contributed by atoms with Crippen molar-refractivity contribution in [3.8, 4) is 17.0 Å². The summed E-state index contributed by atoms with van der Waals surface area (Å²) in [5.74, 6) is 0.0972. The number of phenols is 1. The van der Waals surface area contributed by atoms with Gasteiger partial charge in [0.05, 0.1) is 24.0 Å². The van der Waals surface area contributed by atoms with E-state index in [0.29, 0.717) is 45.3 Å². The van der Waals surface area contributed by atoms with Crippen LogP contribution in [-0.2, 0) is 11.2 Å². The maximum atomic E-state index is 16.0. The molecule has 0 saturated carbocycles. The van der Waals surface area contributed by atoms with Gasteiger partial charge < -0.3 is 14.7 Å². The van der Waals surface area contributed by atoms with Crippen LogP contribution in [0, 0.1) is 24.0 Å². The van der Waals surface area contributed by atoms with Gasteiger partial charge in [0.2, 0.25) is 0 Å². The maximum Gasteiger partial charge on any atom is 0.175 e. The zero-order chi connectivity index (χ0) is 24.9. The third-order valence-corrected chi connectivity index (χ3v) is 6.71. The van der Waals surface area contributed by atoms with E-state index in [1.165, 1.54) is 12.1 Å². The van der Waals surface area contributed by atoms with Crippen LogP contribution in [0.25, 0.3) is 32.9 Å². The van der Waals surface area contributed by atoms with E-state index in [9.17, 15) is 9.50 Å². The number of fused-ring (bicyclic) bond motifs is 2. The molecule has 2 fully saturated rings. The zero-order valence-electron chi connectivity index (χ0n) is 20.3. The van der Waals surface area contributed by atoms with Crippen LogP contribution in [0.2, 0.25) is 0 Å². The Morgan fingerprint density at radius 2 is 1.86 bits per heavy atom. The Morgan fingerprint density at radius 3 is 2.51 bits per heavy atom. The van der Waals surface area contributed by atoms with Gasteiger partial charge in [0, 0.05) is 24.8 Å². The van der Waals surface area contributed by atoms with Crippen LogP contribution in [-0.4, -0.2) is 46.4 Å². The van der Waals surface area contributed by atoms with Gasteiger partial charge in [-0.15, -0.1) is 0 Å². The average molecular weight is 479 g/mol. The topological polar surface area (TPSA) is 71.4 Å². The number of rotatable bonds is 3. The van der Waals surface area contributed by atoms with E-state index in [1.807, 2.05) is 20.8 Å². The number of aromatic nitrogens is 3. The van der Waals surface area contributed by atoms with Gasteiger partial charge in [-0.25, -0.2) is 18.7 Å². The number of ether oxygens (including phenoxy) is 1. The van der Waals surface area contributed by atoms with E-state index in [4.69, 9.17) is 4.74 Å². The summed E-state index contributed by atoms with van der Waals surface area (Å²) in [7, 11) is 0. The molecule has 2 saturated heterocycles. The van der Waals surface area contributed by atoms with Crippen molar-refractivity contribution in [2.75, 3.05) is 31.2 Å². The second kappa shape index (κ2) is 8.68. The smallest absolute Gasteiger partial charge is 0.175 e. The summed E-state index contributed by atoms with van der Waals surface area (Å²) in [5, 5.41) is 12.0. The minimum Gasteiger partial charge on any atom is -0.508 e. The Morgan fingerprint density at radius 1 is 1.11 bits per heavy atom. The summed E-state index contributed by atoms with van der Waals surface area (Å²) in [5.41, 5.74) is 1.17. The van der Waals surface area contributed by atoms with E-state index < -0.39 is 5.82 Å². The molecular weight excluding hydrogens is 450 g/mol. The van der Waals surface area contributed by atoms with Crippen molar-refractivity contribution in [3.05, 3.63) is 53.5 Å². The van der Waals surface area contributed by atoms with Crippen LogP contribution >= 0.6 is 0 Å². The summed E-state index contributed by atoms with van der Waals surface area (Å²) >= 11 is 0. The van der Waals surface area contributed by atoms with Crippen LogP contribution in [0.1, 0.15) is 32.2 Å². The predicted molar refractivity (Wildman–Crippen MR) is 133 cm³/mol. The Bertz CT molecular complexity index is 1450. The summed E-state index contributed by atoms with van der Waals surface area (Å²) in [6.45, 7) is 10.7. The van der Waals surface area contributed by atoms with Crippen molar-refractivity contribution >= 4 is 27.5 Å². The number of aryl methyl sites for hydroxylation is 2. The summed E-state index contributed by atoms with van der Waals surface area (Å²) in [6.07, 6.45) is 1.99. The Hall–Kier alpha value is -3.39. The average Bonchev–Trinajstić information content (AvgIpc) is 2.79. The molecule has 2 aliphatic heterocycles. The van der Waals surface area contributed by atoms with Gasteiger partial charge in [-0.1, -0.05) is 26.8 Å². The van der Waals surface area contributed by atoms with Gasteiger partial charge >= 0.3 is 0 Å². The normalized spacial score (nSPS) is 16.1. The number of anilines is 1. The van der Waals surface area contributed by atoms with Gasteiger partial charge in [0.15, 0.2) is 5.82 Å². The number of nitrogens with zero attached hydrogens (tertiary/aromatic N) is 4. The monoisotopic (exact) mass is 478 g/mol. The first kappa shape index (κ1) is 23.4. The van der Waals surface area contributed by atoms with E-state index in [-0.39, 0.29) is 28.2 Å². The van der Waals surface area contributed by atoms with Crippen molar-refractivity contribution in [1.82, 2.24) is 15.0 Å². The van der Waals surface area contributed by atoms with Crippen LogP contribution < -0.4 is 4.90 Å². The number of hydrogen-bond donors (Lipinski definition) is 1. The fourth-order valence-corrected chi connectivity index (χ4v) is 5.10. The molecule has 35 heavy (non-hydrogen) atoms. The van der Waals surface area contributed by atoms with Gasteiger partial charge in [-0.2, -0.15) is 0 Å². The fraction of sp³-hybridized carbons (Fsp3) is 0.370. The van der Waals surface area contributed by atoms with Crippen molar-refractivity contribution in [3.63, 3.8) is 0 Å². The molecule has 182 valence electrons. The van der Waals surface area contributed by atoms with Gasteiger partial charge in [-0.05, 0) is 47.9 Å². The molecule has 0 bridgehead atoms. The number of phenolic OH excluding ortho intramolecular Hbond substituents is 1. The molecule has 4 heterocycles. The summed E-state index contributed by atoms with van der Waals surface area (Å²) < 4.78 is 35.9. The summed E-state index contributed by atoms with van der Waals surface area (Å²) in [6, 6.07) is 5.93. The van der Waals surface area contributed by atoms with E-state index >= 15 is 4.39 Å². The molecule has 8 heteroatoms. The Balaban J connectivity index is 0.00000124. The lowest BCUT2D eigenvalue weighted by Crippen LogP contribution is -2.66. The quantitative estimate of drug-likeness (QED) is 0.416. The van der Waals surface area contributed by atoms with E-state index in [1.54, 1.807) is 25.3 Å². The molecular formula is C27H28F2N4O2. The van der Waals surface area contributed by atoms with Gasteiger partial charge in [-0.3, -0.25) is 4.98 Å². The van der Waals surface area contributed by atoms with Gasteiger partial charge in [0.1, 0.15) is 34.4 Å². The van der Waals surface area contributed by atoms with Crippen molar-refractivity contribution < 1.29 is 18.6 Å². The van der Waals surface area contributed by atoms with Gasteiger partial charge in [0.25, 0.3) is 0 Å². The minimum atomic E-state index is -0.611. The lowest BCUT2D eigenvalue weighted by molar-refractivity contribution is -0.127. The molecule has 2 aromatic carbocycles. The van der Waals surface area contributed by atoms with Crippen LogP contribution in [0.3, 0.4) is 0 Å². The molecule has 2 aliphatic rings. The van der Waals surface area contributed by atoms with E-state index in [2.05, 4.69) is 19.9 Å². The Kier molecular flexibility index (Phi) is 5.79. The maximum absolute atomic E-state index is 16.0. The molecule has 0 amide bonds. The number of hydrogen-bond acceptors (Lipinski definition) is 6. The third kappa shape index (κ3) is 3.67. The minimum absolute atomic E-state index is 0.0280. The highest BCUT2D eigenvalue weighted by Crippen LogP contribution is 2.43. The molecule has 0 atom stereocenters. The number of aromatic hydroxyl groups is 1. The largest absolute Gasteiger partial charge is 0.508 e. The number of halogens is 2. The molecule has 6 rings (SSSR count). The number of pyridine rings is 1. The molecule has 0 aliphatic carbocycles. The highest BCUT2D eigenvalue weighted by atomic mass is 19.1. The molecule has 2 aromatic heterocycles. The molecule has 0 radical (unpaired) electrons. The predicted octanol–water partition coefficient (Wildman–Crippen LogP) is 5.56. The molecule has 0 unspecified atom stereocenters. The van der Waals surface area contributed by atoms with Crippen molar-refractivity contribution in [2.45, 2.75) is 34.1 Å². The van der Waals surface area contributed by atoms with E-state index in [0.717, 1.165) is 26.3 Å². The third-order valence-electron chi connectivity index (χ3n) is 6.71. The lowest BCUT2D eigenvalue weighted by Gasteiger charge is -2.55. The zero-order valence-corrected chi connectivity index (χ0v) is 20.3.